The van der Waals surface area contributed by atoms with Crippen molar-refractivity contribution in [3.8, 4) is 0 Å². The minimum absolute atomic E-state index is 0. The van der Waals surface area contributed by atoms with Crippen molar-refractivity contribution in [2.45, 2.75) is 27.8 Å². The molecule has 1 rings (SSSR count). The first kappa shape index (κ1) is 28.0. The number of aliphatic hydroxyl groups excluding tert-OH is 1. The predicted octanol–water partition coefficient (Wildman–Crippen LogP) is 2.17. The van der Waals surface area contributed by atoms with E-state index in [4.69, 9.17) is 14.0 Å². The van der Waals surface area contributed by atoms with Crippen molar-refractivity contribution in [3.63, 3.8) is 0 Å². The maximum Gasteiger partial charge on any atom is 0 e. The molecule has 0 aliphatic rings. The van der Waals surface area contributed by atoms with E-state index in [9.17, 15) is 5.11 Å². The molecule has 0 amide bonds. The Balaban J connectivity index is -0.000000162. The van der Waals surface area contributed by atoms with Gasteiger partial charge in [-0.15, -0.1) is 0 Å². The molecule has 0 saturated carbocycles. The average Bonchev–Trinajstić information content (AvgIpc) is 2.44. The summed E-state index contributed by atoms with van der Waals surface area (Å²) in [5.41, 5.74) is 1.13. The maximum absolute atomic E-state index is 9.60. The topological polar surface area (TPSA) is 79.9 Å². The van der Waals surface area contributed by atoms with E-state index < -0.39 is 18.4 Å². The maximum atomic E-state index is 9.60. The minimum Gasteiger partial charge on any atom is 0 e. The molecule has 1 atom stereocenters. The number of hydrogen-bond acceptors (Lipinski definition) is 1. The quantitative estimate of drug-likeness (QED) is 0.444. The van der Waals surface area contributed by atoms with Gasteiger partial charge >= 0.3 is 119 Å². The average molecular weight is 421 g/mol. The Morgan fingerprint density at radius 3 is 1.55 bits per heavy atom. The molecule has 0 aliphatic carbocycles. The van der Waals surface area contributed by atoms with Crippen molar-refractivity contribution in [3.05, 3.63) is 49.8 Å². The molecular formula is C14H18CrO4Sn. The molecule has 0 aliphatic heterocycles. The summed E-state index contributed by atoms with van der Waals surface area (Å²) in [6, 6.07) is 8.30. The van der Waals surface area contributed by atoms with Crippen molar-refractivity contribution in [1.82, 2.24) is 0 Å². The van der Waals surface area contributed by atoms with Gasteiger partial charge in [-0.05, 0) is 0 Å². The van der Waals surface area contributed by atoms with Crippen LogP contribution >= 0.6 is 0 Å². The summed E-state index contributed by atoms with van der Waals surface area (Å²) in [6.07, 6.45) is -0.327. The Hall–Kier alpha value is -0.269. The van der Waals surface area contributed by atoms with Crippen LogP contribution in [0.3, 0.4) is 0 Å². The second-order valence-electron chi connectivity index (χ2n) is 4.51. The summed E-state index contributed by atoms with van der Waals surface area (Å²) >= 11 is -2.02. The summed E-state index contributed by atoms with van der Waals surface area (Å²) in [5.74, 6) is 0. The Morgan fingerprint density at radius 1 is 0.950 bits per heavy atom. The molecule has 1 aromatic carbocycles. The van der Waals surface area contributed by atoms with Crippen LogP contribution in [0.25, 0.3) is 0 Å². The molecule has 0 spiro atoms. The molecule has 4 nitrogen and oxygen atoms in total. The zero-order valence-corrected chi connectivity index (χ0v) is 16.1. The Morgan fingerprint density at radius 2 is 1.30 bits per heavy atom. The van der Waals surface area contributed by atoms with E-state index in [2.05, 4.69) is 46.9 Å². The summed E-state index contributed by atoms with van der Waals surface area (Å²) in [5, 5.41) is 9.60. The van der Waals surface area contributed by atoms with Gasteiger partial charge in [0.05, 0.1) is 0 Å². The van der Waals surface area contributed by atoms with Crippen molar-refractivity contribution in [2.24, 2.45) is 0 Å². The van der Waals surface area contributed by atoms with Crippen LogP contribution in [-0.2, 0) is 31.3 Å². The van der Waals surface area contributed by atoms with Gasteiger partial charge in [0.1, 0.15) is 0 Å². The molecular weight excluding hydrogens is 403 g/mol. The number of benzene rings is 1. The number of aliphatic hydroxyl groups is 1. The minimum atomic E-state index is -2.02. The van der Waals surface area contributed by atoms with Crippen LogP contribution in [0, 0.1) is 20.0 Å². The molecule has 20 heavy (non-hydrogen) atoms. The van der Waals surface area contributed by atoms with Crippen LogP contribution in [0.1, 0.15) is 18.6 Å². The Labute approximate surface area is 135 Å². The molecule has 0 saturated heterocycles. The van der Waals surface area contributed by atoms with Gasteiger partial charge in [0.2, 0.25) is 0 Å². The second-order valence-corrected chi connectivity index (χ2v) is 18.9. The fourth-order valence-electron chi connectivity index (χ4n) is 1.54. The zero-order valence-electron chi connectivity index (χ0n) is 12.0. The SMILES string of the molecule is C[C@H](O)c1cccc[c]1[Sn]([CH3])([CH3])[CH3].[C-]#[O+].[C-]#[O+].[C-]#[O+].[Cr]. The normalized spacial score (nSPS) is 9.55. The third-order valence-corrected chi connectivity index (χ3v) is 8.13. The van der Waals surface area contributed by atoms with Gasteiger partial charge < -0.3 is 0 Å². The molecule has 0 aromatic heterocycles. The van der Waals surface area contributed by atoms with E-state index in [0.717, 1.165) is 5.56 Å². The molecule has 6 heteroatoms. The summed E-state index contributed by atoms with van der Waals surface area (Å²) in [4.78, 5) is 7.11. The number of rotatable bonds is 2. The second kappa shape index (κ2) is 16.8. The third-order valence-electron chi connectivity index (χ3n) is 2.22. The largest absolute Gasteiger partial charge is 0 e. The van der Waals surface area contributed by atoms with E-state index in [-0.39, 0.29) is 23.5 Å². The van der Waals surface area contributed by atoms with E-state index in [1.54, 1.807) is 0 Å². The molecule has 0 fully saturated rings. The molecule has 108 valence electrons. The van der Waals surface area contributed by atoms with Crippen LogP contribution in [0.5, 0.6) is 0 Å². The first-order valence-corrected chi connectivity index (χ1v) is 15.3. The van der Waals surface area contributed by atoms with Gasteiger partial charge in [-0.3, -0.25) is 0 Å². The molecule has 0 radical (unpaired) electrons. The van der Waals surface area contributed by atoms with Crippen molar-refractivity contribution in [2.75, 3.05) is 0 Å². The van der Waals surface area contributed by atoms with E-state index in [0.29, 0.717) is 0 Å². The monoisotopic (exact) mass is 422 g/mol. The summed E-state index contributed by atoms with van der Waals surface area (Å²) in [6.45, 7) is 15.3. The molecule has 0 unspecified atom stereocenters. The van der Waals surface area contributed by atoms with Gasteiger partial charge in [-0.25, -0.2) is 0 Å². The summed E-state index contributed by atoms with van der Waals surface area (Å²) < 4.78 is 23.9. The van der Waals surface area contributed by atoms with Crippen LogP contribution in [0.15, 0.2) is 24.3 Å². The van der Waals surface area contributed by atoms with Crippen molar-refractivity contribution in [1.29, 1.82) is 0 Å². The van der Waals surface area contributed by atoms with Crippen LogP contribution in [-0.4, -0.2) is 23.5 Å². The van der Waals surface area contributed by atoms with E-state index >= 15 is 0 Å². The number of hydrogen-bond donors (Lipinski definition) is 1. The molecule has 0 heterocycles. The van der Waals surface area contributed by atoms with Crippen LogP contribution in [0.4, 0.5) is 0 Å². The van der Waals surface area contributed by atoms with Gasteiger partial charge in [0.25, 0.3) is 0 Å². The first-order chi connectivity index (χ1) is 8.93. The zero-order chi connectivity index (χ0) is 16.1. The molecule has 1 aromatic rings. The third kappa shape index (κ3) is 11.5. The van der Waals surface area contributed by atoms with Gasteiger partial charge in [-0.2, -0.15) is 0 Å². The Bertz CT molecular complexity index is 391. The predicted molar refractivity (Wildman–Crippen MR) is 71.8 cm³/mol. The van der Waals surface area contributed by atoms with E-state index in [1.807, 2.05) is 19.1 Å². The van der Waals surface area contributed by atoms with Crippen LogP contribution < -0.4 is 3.58 Å². The molecule has 0 bridgehead atoms. The van der Waals surface area contributed by atoms with E-state index in [1.165, 1.54) is 3.58 Å². The fraction of sp³-hybridized carbons (Fsp3) is 0.357. The van der Waals surface area contributed by atoms with Gasteiger partial charge in [0.15, 0.2) is 0 Å². The van der Waals surface area contributed by atoms with Crippen molar-refractivity contribution < 1.29 is 36.4 Å². The summed E-state index contributed by atoms with van der Waals surface area (Å²) in [7, 11) is 0. The standard InChI is InChI=1S/C8H9O.3CO.3CH3.Cr.Sn/c1-7(9)8-5-3-2-4-6-8;3*1-2;;;;;/h2-5,7,9H,1H3;;;;3*1H3;;/t7-;;;;;;;;/m0......../s1. The Kier molecular flexibility index (Phi) is 23.5. The van der Waals surface area contributed by atoms with Gasteiger partial charge in [-0.1, -0.05) is 0 Å². The molecule has 1 N–H and O–H groups in total. The first-order valence-electron chi connectivity index (χ1n) is 5.31. The van der Waals surface area contributed by atoms with Gasteiger partial charge in [0, 0.05) is 17.4 Å². The van der Waals surface area contributed by atoms with Crippen molar-refractivity contribution >= 4 is 22.0 Å². The smallest absolute Gasteiger partial charge is 0 e. The van der Waals surface area contributed by atoms with Crippen LogP contribution in [0.2, 0.25) is 14.8 Å². The fourth-order valence-corrected chi connectivity index (χ4v) is 6.55.